The van der Waals surface area contributed by atoms with Crippen LogP contribution in [0.4, 0.5) is 0 Å². The number of carbonyl (C=O) groups is 2. The first-order chi connectivity index (χ1) is 21.0. The van der Waals surface area contributed by atoms with E-state index in [2.05, 4.69) is 0 Å². The summed E-state index contributed by atoms with van der Waals surface area (Å²) >= 11 is 0. The van der Waals surface area contributed by atoms with Crippen LogP contribution in [-0.2, 0) is 23.7 Å². The Balaban J connectivity index is 1.69. The summed E-state index contributed by atoms with van der Waals surface area (Å²) in [4.78, 5) is 26.0. The summed E-state index contributed by atoms with van der Waals surface area (Å²) in [7, 11) is 5.74. The van der Waals surface area contributed by atoms with Crippen molar-refractivity contribution in [3.8, 4) is 28.7 Å². The number of benzene rings is 2. The fourth-order valence-electron chi connectivity index (χ4n) is 3.66. The number of hydrogen-bond donors (Lipinski definition) is 1. The number of ketones is 2. The first-order valence-electron chi connectivity index (χ1n) is 13.7. The van der Waals surface area contributed by atoms with Gasteiger partial charge in [0, 0.05) is 11.1 Å². The van der Waals surface area contributed by atoms with Gasteiger partial charge in [-0.05, 0) is 30.3 Å². The van der Waals surface area contributed by atoms with Crippen molar-refractivity contribution < 1.29 is 62.1 Å². The van der Waals surface area contributed by atoms with Gasteiger partial charge in [-0.1, -0.05) is 0 Å². The molecule has 0 saturated carbocycles. The van der Waals surface area contributed by atoms with Gasteiger partial charge in [-0.3, -0.25) is 9.59 Å². The van der Waals surface area contributed by atoms with Crippen LogP contribution < -0.4 is 23.7 Å². The quantitative estimate of drug-likeness (QED) is 0.0997. The highest BCUT2D eigenvalue weighted by atomic mass is 16.6. The Labute approximate surface area is 251 Å². The lowest BCUT2D eigenvalue weighted by atomic mass is 10.0. The number of carbonyl (C=O) groups excluding carboxylic acids is 2. The van der Waals surface area contributed by atoms with Crippen LogP contribution in [0.5, 0.6) is 28.7 Å². The second-order valence-electron chi connectivity index (χ2n) is 8.57. The van der Waals surface area contributed by atoms with E-state index >= 15 is 0 Å². The van der Waals surface area contributed by atoms with Gasteiger partial charge in [0.25, 0.3) is 0 Å². The molecule has 2 rings (SSSR count). The van der Waals surface area contributed by atoms with Gasteiger partial charge < -0.3 is 52.5 Å². The highest BCUT2D eigenvalue weighted by Gasteiger charge is 2.24. The van der Waals surface area contributed by atoms with E-state index < -0.39 is 11.6 Å². The largest absolute Gasteiger partial charge is 0.493 e. The molecule has 0 aliphatic heterocycles. The highest BCUT2D eigenvalue weighted by molar-refractivity contribution is 6.49. The number of aliphatic hydroxyl groups is 1. The minimum absolute atomic E-state index is 0.00268. The lowest BCUT2D eigenvalue weighted by Crippen LogP contribution is -2.16. The second-order valence-corrected chi connectivity index (χ2v) is 8.57. The fourth-order valence-corrected chi connectivity index (χ4v) is 3.66. The average molecular weight is 611 g/mol. The normalized spacial score (nSPS) is 10.8. The fraction of sp³-hybridized carbons (Fsp3) is 0.533. The third-order valence-corrected chi connectivity index (χ3v) is 5.77. The topological polar surface area (TPSA) is 147 Å². The molecule has 0 spiro atoms. The number of aliphatic hydroxyl groups excluding tert-OH is 1. The molecule has 0 radical (unpaired) electrons. The minimum atomic E-state index is -0.747. The van der Waals surface area contributed by atoms with Crippen molar-refractivity contribution in [3.63, 3.8) is 0 Å². The smallest absolute Gasteiger partial charge is 0.233 e. The van der Waals surface area contributed by atoms with Crippen LogP contribution in [0.3, 0.4) is 0 Å². The van der Waals surface area contributed by atoms with E-state index in [-0.39, 0.29) is 35.8 Å². The van der Waals surface area contributed by atoms with E-state index in [1.165, 1.54) is 52.7 Å². The van der Waals surface area contributed by atoms with Crippen molar-refractivity contribution in [2.24, 2.45) is 0 Å². The Kier molecular flexibility index (Phi) is 17.7. The Hall–Kier alpha value is -3.46. The van der Waals surface area contributed by atoms with Crippen LogP contribution in [0, 0.1) is 0 Å². The van der Waals surface area contributed by atoms with Crippen LogP contribution in [0.15, 0.2) is 30.3 Å². The lowest BCUT2D eigenvalue weighted by Gasteiger charge is -2.14. The summed E-state index contributed by atoms with van der Waals surface area (Å²) in [5.74, 6) is 0.0561. The van der Waals surface area contributed by atoms with Crippen molar-refractivity contribution in [2.45, 2.75) is 0 Å². The number of Topliss-reactive ketones (excluding diaryl/α,β-unsaturated/α-hetero) is 2. The van der Waals surface area contributed by atoms with Crippen LogP contribution in [-0.4, -0.2) is 124 Å². The Morgan fingerprint density at radius 1 is 0.512 bits per heavy atom. The van der Waals surface area contributed by atoms with Crippen molar-refractivity contribution >= 4 is 11.6 Å². The van der Waals surface area contributed by atoms with Crippen molar-refractivity contribution in [1.29, 1.82) is 0 Å². The molecule has 0 unspecified atom stereocenters. The molecule has 0 bridgehead atoms. The zero-order chi connectivity index (χ0) is 31.3. The first kappa shape index (κ1) is 35.7. The molecule has 0 fully saturated rings. The molecule has 1 N–H and O–H groups in total. The monoisotopic (exact) mass is 610 g/mol. The third-order valence-electron chi connectivity index (χ3n) is 5.77. The van der Waals surface area contributed by atoms with Gasteiger partial charge in [-0.25, -0.2) is 0 Å². The van der Waals surface area contributed by atoms with Gasteiger partial charge in [-0.2, -0.15) is 0 Å². The summed E-state index contributed by atoms with van der Waals surface area (Å²) in [6.07, 6.45) is 0. The number of methoxy groups -OCH3 is 4. The maximum Gasteiger partial charge on any atom is 0.233 e. The molecule has 2 aromatic rings. The SMILES string of the molecule is COc1cc(C(=O)C(=O)c2cc(OC)c(OC)c(OC)c2)ccc1OCCOCCOCCOCCOCCOCCO. The molecular weight excluding hydrogens is 568 g/mol. The molecule has 0 amide bonds. The second kappa shape index (κ2) is 21.3. The van der Waals surface area contributed by atoms with Crippen LogP contribution in [0.25, 0.3) is 0 Å². The van der Waals surface area contributed by atoms with Crippen molar-refractivity contribution in [3.05, 3.63) is 41.5 Å². The molecule has 0 aromatic heterocycles. The summed E-state index contributed by atoms with van der Waals surface area (Å²) < 4.78 is 53.7. The zero-order valence-corrected chi connectivity index (χ0v) is 25.2. The lowest BCUT2D eigenvalue weighted by molar-refractivity contribution is -0.0147. The van der Waals surface area contributed by atoms with Crippen LogP contribution in [0.2, 0.25) is 0 Å². The summed E-state index contributed by atoms with van der Waals surface area (Å²) in [5, 5.41) is 8.59. The number of ether oxygens (including phenoxy) is 10. The van der Waals surface area contributed by atoms with Crippen LogP contribution in [0.1, 0.15) is 20.7 Å². The first-order valence-corrected chi connectivity index (χ1v) is 13.7. The van der Waals surface area contributed by atoms with Gasteiger partial charge in [0.05, 0.1) is 101 Å². The minimum Gasteiger partial charge on any atom is -0.493 e. The number of hydrogen-bond acceptors (Lipinski definition) is 13. The van der Waals surface area contributed by atoms with Gasteiger partial charge >= 0.3 is 0 Å². The van der Waals surface area contributed by atoms with Crippen LogP contribution >= 0.6 is 0 Å². The van der Waals surface area contributed by atoms with E-state index in [0.29, 0.717) is 83.3 Å². The summed E-state index contributed by atoms with van der Waals surface area (Å²) in [6, 6.07) is 7.35. The third kappa shape index (κ3) is 12.4. The van der Waals surface area contributed by atoms with Gasteiger partial charge in [0.2, 0.25) is 17.3 Å². The van der Waals surface area contributed by atoms with Gasteiger partial charge in [-0.15, -0.1) is 0 Å². The van der Waals surface area contributed by atoms with E-state index in [0.717, 1.165) is 0 Å². The maximum absolute atomic E-state index is 13.0. The average Bonchev–Trinajstić information content (AvgIpc) is 3.04. The standard InChI is InChI=1S/C30H42O13/c1-34-25-19-22(28(32)29(33)23-20-26(35-2)30(37-4)27(21-23)36-3)5-6-24(25)43-18-17-42-16-15-41-14-13-40-12-11-39-10-9-38-8-7-31/h5-6,19-21,31H,7-18H2,1-4H3. The highest BCUT2D eigenvalue weighted by Crippen LogP contribution is 2.38. The molecule has 0 aliphatic carbocycles. The van der Waals surface area contributed by atoms with Crippen molar-refractivity contribution in [2.75, 3.05) is 108 Å². The number of rotatable bonds is 25. The molecule has 0 saturated heterocycles. The summed E-state index contributed by atoms with van der Waals surface area (Å²) in [6.45, 7) is 4.34. The maximum atomic E-state index is 13.0. The van der Waals surface area contributed by atoms with Crippen molar-refractivity contribution in [1.82, 2.24) is 0 Å². The zero-order valence-electron chi connectivity index (χ0n) is 25.2. The molecule has 43 heavy (non-hydrogen) atoms. The Morgan fingerprint density at radius 3 is 1.37 bits per heavy atom. The predicted octanol–water partition coefficient (Wildman–Crippen LogP) is 2.24. The molecule has 13 nitrogen and oxygen atoms in total. The van der Waals surface area contributed by atoms with Gasteiger partial charge in [0.1, 0.15) is 6.61 Å². The van der Waals surface area contributed by atoms with Gasteiger partial charge in [0.15, 0.2) is 23.0 Å². The molecule has 240 valence electrons. The van der Waals surface area contributed by atoms with E-state index in [1.54, 1.807) is 6.07 Å². The van der Waals surface area contributed by atoms with E-state index in [1.807, 2.05) is 0 Å². The molecular formula is C30H42O13. The molecule has 0 atom stereocenters. The predicted molar refractivity (Wildman–Crippen MR) is 154 cm³/mol. The summed E-state index contributed by atoms with van der Waals surface area (Å²) in [5.41, 5.74) is 0.228. The van der Waals surface area contributed by atoms with E-state index in [4.69, 9.17) is 52.5 Å². The molecule has 2 aromatic carbocycles. The molecule has 13 heteroatoms. The molecule has 0 heterocycles. The van der Waals surface area contributed by atoms with E-state index in [9.17, 15) is 9.59 Å². The molecule has 0 aliphatic rings. The Bertz CT molecular complexity index is 1080. The Morgan fingerprint density at radius 2 is 0.930 bits per heavy atom.